The summed E-state index contributed by atoms with van der Waals surface area (Å²) in [6.07, 6.45) is 3.38. The Morgan fingerprint density at radius 1 is 1.28 bits per heavy atom. The standard InChI is InChI=1S/C14H21ClN2O/c1-5-10(3)17(11(4)6-2)14(18)13-8-7-12(15)9-16-13/h7-11H,5-6H2,1-4H3. The van der Waals surface area contributed by atoms with Crippen LogP contribution in [-0.2, 0) is 0 Å². The van der Waals surface area contributed by atoms with Gasteiger partial charge in [-0.25, -0.2) is 4.98 Å². The molecular weight excluding hydrogens is 248 g/mol. The summed E-state index contributed by atoms with van der Waals surface area (Å²) in [5.41, 5.74) is 0.458. The van der Waals surface area contributed by atoms with Crippen molar-refractivity contribution in [2.75, 3.05) is 0 Å². The number of carbonyl (C=O) groups is 1. The summed E-state index contributed by atoms with van der Waals surface area (Å²) >= 11 is 5.79. The molecule has 0 aliphatic rings. The molecule has 1 rings (SSSR count). The maximum absolute atomic E-state index is 12.5. The number of rotatable bonds is 5. The maximum Gasteiger partial charge on any atom is 0.272 e. The van der Waals surface area contributed by atoms with Gasteiger partial charge in [0.05, 0.1) is 5.02 Å². The maximum atomic E-state index is 12.5. The summed E-state index contributed by atoms with van der Waals surface area (Å²) in [4.78, 5) is 18.5. The first-order chi connectivity index (χ1) is 8.51. The number of hydrogen-bond donors (Lipinski definition) is 0. The van der Waals surface area contributed by atoms with Crippen molar-refractivity contribution in [3.05, 3.63) is 29.0 Å². The molecule has 0 bridgehead atoms. The van der Waals surface area contributed by atoms with Gasteiger partial charge in [-0.15, -0.1) is 0 Å². The van der Waals surface area contributed by atoms with E-state index in [-0.39, 0.29) is 18.0 Å². The van der Waals surface area contributed by atoms with Crippen molar-refractivity contribution in [1.29, 1.82) is 0 Å². The fourth-order valence-corrected chi connectivity index (χ4v) is 1.97. The third-order valence-corrected chi connectivity index (χ3v) is 3.54. The third kappa shape index (κ3) is 3.45. The summed E-state index contributed by atoms with van der Waals surface area (Å²) < 4.78 is 0. The highest BCUT2D eigenvalue weighted by atomic mass is 35.5. The van der Waals surface area contributed by atoms with Crippen LogP contribution in [0, 0.1) is 0 Å². The van der Waals surface area contributed by atoms with Crippen LogP contribution in [0.15, 0.2) is 18.3 Å². The lowest BCUT2D eigenvalue weighted by molar-refractivity contribution is 0.0592. The monoisotopic (exact) mass is 268 g/mol. The van der Waals surface area contributed by atoms with Gasteiger partial charge in [-0.1, -0.05) is 25.4 Å². The molecule has 0 aliphatic heterocycles. The van der Waals surface area contributed by atoms with E-state index >= 15 is 0 Å². The molecule has 100 valence electrons. The zero-order chi connectivity index (χ0) is 13.7. The topological polar surface area (TPSA) is 33.2 Å². The van der Waals surface area contributed by atoms with Crippen LogP contribution in [0.25, 0.3) is 0 Å². The third-order valence-electron chi connectivity index (χ3n) is 3.31. The SMILES string of the molecule is CCC(C)N(C(=O)c1ccc(Cl)cn1)C(C)CC. The molecule has 1 aromatic heterocycles. The second-order valence-electron chi connectivity index (χ2n) is 4.59. The van der Waals surface area contributed by atoms with Gasteiger partial charge in [-0.3, -0.25) is 4.79 Å². The van der Waals surface area contributed by atoms with E-state index in [9.17, 15) is 4.79 Å². The molecule has 0 radical (unpaired) electrons. The zero-order valence-electron chi connectivity index (χ0n) is 11.5. The number of nitrogens with zero attached hydrogens (tertiary/aromatic N) is 2. The molecule has 0 spiro atoms. The fourth-order valence-electron chi connectivity index (χ4n) is 1.86. The predicted molar refractivity (Wildman–Crippen MR) is 74.9 cm³/mol. The van der Waals surface area contributed by atoms with Gasteiger partial charge in [0.1, 0.15) is 5.69 Å². The molecule has 1 amide bonds. The summed E-state index contributed by atoms with van der Waals surface area (Å²) in [7, 11) is 0. The predicted octanol–water partition coefficient (Wildman–Crippen LogP) is 3.77. The first-order valence-corrected chi connectivity index (χ1v) is 6.83. The van der Waals surface area contributed by atoms with E-state index in [4.69, 9.17) is 11.6 Å². The molecule has 0 N–H and O–H groups in total. The van der Waals surface area contributed by atoms with Crippen LogP contribution in [0.4, 0.5) is 0 Å². The van der Waals surface area contributed by atoms with E-state index in [0.29, 0.717) is 10.7 Å². The first kappa shape index (κ1) is 15.0. The van der Waals surface area contributed by atoms with Crippen molar-refractivity contribution in [1.82, 2.24) is 9.88 Å². The second-order valence-corrected chi connectivity index (χ2v) is 5.03. The molecule has 0 saturated heterocycles. The van der Waals surface area contributed by atoms with Gasteiger partial charge in [0.15, 0.2) is 0 Å². The highest BCUT2D eigenvalue weighted by molar-refractivity contribution is 6.30. The molecule has 0 aliphatic carbocycles. The van der Waals surface area contributed by atoms with Crippen molar-refractivity contribution < 1.29 is 4.79 Å². The number of halogens is 1. The zero-order valence-corrected chi connectivity index (χ0v) is 12.2. The van der Waals surface area contributed by atoms with E-state index < -0.39 is 0 Å². The number of aromatic nitrogens is 1. The summed E-state index contributed by atoms with van der Waals surface area (Å²) in [6.45, 7) is 8.31. The van der Waals surface area contributed by atoms with Crippen molar-refractivity contribution in [2.45, 2.75) is 52.6 Å². The van der Waals surface area contributed by atoms with Gasteiger partial charge >= 0.3 is 0 Å². The fraction of sp³-hybridized carbons (Fsp3) is 0.571. The van der Waals surface area contributed by atoms with Gasteiger partial charge in [-0.2, -0.15) is 0 Å². The largest absolute Gasteiger partial charge is 0.332 e. The minimum atomic E-state index is -0.0182. The Morgan fingerprint density at radius 2 is 1.83 bits per heavy atom. The Bertz CT molecular complexity index is 381. The van der Waals surface area contributed by atoms with Crippen molar-refractivity contribution >= 4 is 17.5 Å². The van der Waals surface area contributed by atoms with Crippen LogP contribution in [0.5, 0.6) is 0 Å². The Morgan fingerprint density at radius 3 is 2.22 bits per heavy atom. The highest BCUT2D eigenvalue weighted by Gasteiger charge is 2.25. The van der Waals surface area contributed by atoms with Crippen LogP contribution in [0.1, 0.15) is 51.0 Å². The van der Waals surface area contributed by atoms with E-state index in [1.54, 1.807) is 12.1 Å². The van der Waals surface area contributed by atoms with Gasteiger partial charge in [0.25, 0.3) is 5.91 Å². The average Bonchev–Trinajstić information content (AvgIpc) is 2.39. The quantitative estimate of drug-likeness (QED) is 0.814. The number of pyridine rings is 1. The summed E-state index contributed by atoms with van der Waals surface area (Å²) in [5, 5.41) is 0.546. The molecule has 18 heavy (non-hydrogen) atoms. The van der Waals surface area contributed by atoms with Crippen molar-refractivity contribution in [3.63, 3.8) is 0 Å². The lowest BCUT2D eigenvalue weighted by Gasteiger charge is -2.33. The van der Waals surface area contributed by atoms with Gasteiger partial charge in [0.2, 0.25) is 0 Å². The molecule has 3 nitrogen and oxygen atoms in total. The molecule has 1 aromatic rings. The van der Waals surface area contributed by atoms with E-state index in [2.05, 4.69) is 32.7 Å². The Labute approximate surface area is 114 Å². The van der Waals surface area contributed by atoms with Crippen molar-refractivity contribution in [3.8, 4) is 0 Å². The van der Waals surface area contributed by atoms with E-state index in [1.165, 1.54) is 6.20 Å². The molecule has 0 saturated carbocycles. The molecule has 2 atom stereocenters. The van der Waals surface area contributed by atoms with E-state index in [0.717, 1.165) is 12.8 Å². The van der Waals surface area contributed by atoms with Gasteiger partial charge in [-0.05, 0) is 38.8 Å². The van der Waals surface area contributed by atoms with Crippen LogP contribution in [0.2, 0.25) is 5.02 Å². The number of amides is 1. The molecule has 4 heteroatoms. The van der Waals surface area contributed by atoms with Crippen LogP contribution in [0.3, 0.4) is 0 Å². The van der Waals surface area contributed by atoms with Crippen LogP contribution < -0.4 is 0 Å². The molecular formula is C14H21ClN2O. The normalized spacial score (nSPS) is 14.1. The van der Waals surface area contributed by atoms with Crippen LogP contribution >= 0.6 is 11.6 Å². The Kier molecular flexibility index (Phi) is 5.60. The van der Waals surface area contributed by atoms with Gasteiger partial charge < -0.3 is 4.90 Å². The summed E-state index contributed by atoms with van der Waals surface area (Å²) in [6, 6.07) is 3.81. The highest BCUT2D eigenvalue weighted by Crippen LogP contribution is 2.16. The average molecular weight is 269 g/mol. The second kappa shape index (κ2) is 6.74. The van der Waals surface area contributed by atoms with E-state index in [1.807, 2.05) is 4.90 Å². The van der Waals surface area contributed by atoms with Gasteiger partial charge in [0, 0.05) is 18.3 Å². The van der Waals surface area contributed by atoms with Crippen LogP contribution in [-0.4, -0.2) is 27.9 Å². The molecule has 0 fully saturated rings. The number of carbonyl (C=O) groups excluding carboxylic acids is 1. The molecule has 1 heterocycles. The smallest absolute Gasteiger partial charge is 0.272 e. The number of hydrogen-bond acceptors (Lipinski definition) is 2. The van der Waals surface area contributed by atoms with Crippen molar-refractivity contribution in [2.24, 2.45) is 0 Å². The molecule has 0 aromatic carbocycles. The Hall–Kier alpha value is -1.09. The lowest BCUT2D eigenvalue weighted by Crippen LogP contribution is -2.44. The summed E-state index contributed by atoms with van der Waals surface area (Å²) in [5.74, 6) is -0.0182. The first-order valence-electron chi connectivity index (χ1n) is 6.45. The minimum Gasteiger partial charge on any atom is -0.332 e. The Balaban J connectivity index is 2.98. The molecule has 2 unspecified atom stereocenters. The minimum absolute atomic E-state index is 0.0182. The lowest BCUT2D eigenvalue weighted by atomic mass is 10.1.